The summed E-state index contributed by atoms with van der Waals surface area (Å²) in [5.74, 6) is 0.445. The molecule has 10 heteroatoms. The maximum atomic E-state index is 12.7. The van der Waals surface area contributed by atoms with E-state index in [1.165, 1.54) is 40.0 Å². The Kier molecular flexibility index (Phi) is 6.78. The first kappa shape index (κ1) is 22.0. The standard InChI is InChI=1S/C21H24N4O3S3/c1-4-13-9-12(10-29-13)18-23-24-21(25(18)5-2)30-11-16(26)22-19-17(20(27)28-3)14-7-6-8-15(14)31-19/h9-10H,4-8,11H2,1-3H3,(H,22,26). The summed E-state index contributed by atoms with van der Waals surface area (Å²) in [7, 11) is 1.37. The van der Waals surface area contributed by atoms with E-state index in [0.717, 1.165) is 42.6 Å². The molecule has 1 amide bonds. The van der Waals surface area contributed by atoms with Gasteiger partial charge in [0.05, 0.1) is 18.4 Å². The number of anilines is 1. The van der Waals surface area contributed by atoms with E-state index in [-0.39, 0.29) is 17.6 Å². The molecule has 0 atom stereocenters. The number of amides is 1. The van der Waals surface area contributed by atoms with Crippen molar-refractivity contribution in [2.24, 2.45) is 0 Å². The van der Waals surface area contributed by atoms with E-state index in [4.69, 9.17) is 4.74 Å². The number of hydrogen-bond donors (Lipinski definition) is 1. The molecule has 3 aromatic heterocycles. The minimum absolute atomic E-state index is 0.175. The molecule has 4 rings (SSSR count). The minimum atomic E-state index is -0.389. The number of esters is 1. The van der Waals surface area contributed by atoms with E-state index >= 15 is 0 Å². The predicted molar refractivity (Wildman–Crippen MR) is 125 cm³/mol. The predicted octanol–water partition coefficient (Wildman–Crippen LogP) is 4.66. The fourth-order valence-electron chi connectivity index (χ4n) is 3.68. The molecular weight excluding hydrogens is 452 g/mol. The van der Waals surface area contributed by atoms with Crippen molar-refractivity contribution >= 4 is 51.3 Å². The summed E-state index contributed by atoms with van der Waals surface area (Å²) in [5, 5.41) is 15.0. The van der Waals surface area contributed by atoms with Crippen LogP contribution in [0.2, 0.25) is 0 Å². The number of hydrogen-bond acceptors (Lipinski definition) is 8. The van der Waals surface area contributed by atoms with Gasteiger partial charge in [-0.3, -0.25) is 4.79 Å². The molecule has 0 aliphatic heterocycles. The Hall–Kier alpha value is -2.17. The van der Waals surface area contributed by atoms with Gasteiger partial charge in [0.1, 0.15) is 5.00 Å². The highest BCUT2D eigenvalue weighted by molar-refractivity contribution is 7.99. The van der Waals surface area contributed by atoms with Crippen LogP contribution in [-0.4, -0.2) is 39.5 Å². The highest BCUT2D eigenvalue weighted by Crippen LogP contribution is 2.39. The van der Waals surface area contributed by atoms with Crippen molar-refractivity contribution in [1.82, 2.24) is 14.8 Å². The summed E-state index contributed by atoms with van der Waals surface area (Å²) >= 11 is 4.55. The van der Waals surface area contributed by atoms with Crippen molar-refractivity contribution in [2.45, 2.75) is 51.2 Å². The van der Waals surface area contributed by atoms with Gasteiger partial charge < -0.3 is 14.6 Å². The molecule has 1 aliphatic carbocycles. The average Bonchev–Trinajstić information content (AvgIpc) is 3.54. The van der Waals surface area contributed by atoms with Gasteiger partial charge in [-0.1, -0.05) is 18.7 Å². The smallest absolute Gasteiger partial charge is 0.341 e. The Balaban J connectivity index is 1.46. The molecular formula is C21H24N4O3S3. The fourth-order valence-corrected chi connectivity index (χ4v) is 6.59. The molecule has 31 heavy (non-hydrogen) atoms. The van der Waals surface area contributed by atoms with E-state index < -0.39 is 0 Å². The molecule has 3 heterocycles. The highest BCUT2D eigenvalue weighted by atomic mass is 32.2. The molecule has 7 nitrogen and oxygen atoms in total. The number of nitrogens with one attached hydrogen (secondary N) is 1. The Labute approximate surface area is 193 Å². The van der Waals surface area contributed by atoms with Crippen molar-refractivity contribution < 1.29 is 14.3 Å². The molecule has 0 saturated heterocycles. The quantitative estimate of drug-likeness (QED) is 0.376. The van der Waals surface area contributed by atoms with E-state index in [1.54, 1.807) is 11.3 Å². The van der Waals surface area contributed by atoms with Crippen LogP contribution in [0.4, 0.5) is 5.00 Å². The third-order valence-corrected chi connectivity index (χ3v) is 8.44. The van der Waals surface area contributed by atoms with Gasteiger partial charge in [-0.15, -0.1) is 32.9 Å². The summed E-state index contributed by atoms with van der Waals surface area (Å²) < 4.78 is 6.97. The minimum Gasteiger partial charge on any atom is -0.465 e. The van der Waals surface area contributed by atoms with Crippen LogP contribution in [0.3, 0.4) is 0 Å². The lowest BCUT2D eigenvalue weighted by molar-refractivity contribution is -0.113. The number of rotatable bonds is 8. The van der Waals surface area contributed by atoms with Crippen molar-refractivity contribution in [3.63, 3.8) is 0 Å². The van der Waals surface area contributed by atoms with Crippen molar-refractivity contribution in [1.29, 1.82) is 0 Å². The summed E-state index contributed by atoms with van der Waals surface area (Å²) in [5.41, 5.74) is 2.60. The molecule has 1 aliphatic rings. The van der Waals surface area contributed by atoms with Gasteiger partial charge in [0.25, 0.3) is 0 Å². The van der Waals surface area contributed by atoms with Gasteiger partial charge in [-0.05, 0) is 44.2 Å². The van der Waals surface area contributed by atoms with E-state index in [9.17, 15) is 9.59 Å². The number of fused-ring (bicyclic) bond motifs is 1. The van der Waals surface area contributed by atoms with Gasteiger partial charge in [0.15, 0.2) is 11.0 Å². The number of thioether (sulfide) groups is 1. The summed E-state index contributed by atoms with van der Waals surface area (Å²) in [6.45, 7) is 4.89. The van der Waals surface area contributed by atoms with E-state index in [2.05, 4.69) is 33.9 Å². The monoisotopic (exact) mass is 476 g/mol. The zero-order valence-electron chi connectivity index (χ0n) is 17.7. The van der Waals surface area contributed by atoms with Gasteiger partial charge in [0, 0.05) is 27.2 Å². The van der Waals surface area contributed by atoms with Crippen molar-refractivity contribution in [2.75, 3.05) is 18.2 Å². The van der Waals surface area contributed by atoms with E-state index in [0.29, 0.717) is 22.3 Å². The van der Waals surface area contributed by atoms with Crippen LogP contribution in [0, 0.1) is 0 Å². The summed E-state index contributed by atoms with van der Waals surface area (Å²) in [4.78, 5) is 27.4. The molecule has 0 saturated carbocycles. The Morgan fingerprint density at radius 2 is 2.13 bits per heavy atom. The zero-order chi connectivity index (χ0) is 22.0. The molecule has 164 valence electrons. The molecule has 1 N–H and O–H groups in total. The van der Waals surface area contributed by atoms with Crippen molar-refractivity contribution in [3.05, 3.63) is 32.3 Å². The van der Waals surface area contributed by atoms with Crippen LogP contribution in [-0.2, 0) is 35.3 Å². The molecule has 0 unspecified atom stereocenters. The second-order valence-electron chi connectivity index (χ2n) is 7.10. The number of aryl methyl sites for hydroxylation is 2. The number of carbonyl (C=O) groups excluding carboxylic acids is 2. The van der Waals surface area contributed by atoms with Crippen molar-refractivity contribution in [3.8, 4) is 11.4 Å². The first-order valence-corrected chi connectivity index (χ1v) is 12.9. The van der Waals surface area contributed by atoms with Gasteiger partial charge in [-0.2, -0.15) is 0 Å². The van der Waals surface area contributed by atoms with Crippen LogP contribution >= 0.6 is 34.4 Å². The number of carbonyl (C=O) groups is 2. The van der Waals surface area contributed by atoms with Crippen LogP contribution in [0.1, 0.15) is 45.9 Å². The number of nitrogens with zero attached hydrogens (tertiary/aromatic N) is 3. The maximum absolute atomic E-state index is 12.7. The number of methoxy groups -OCH3 is 1. The second kappa shape index (κ2) is 9.54. The van der Waals surface area contributed by atoms with Gasteiger partial charge >= 0.3 is 5.97 Å². The Morgan fingerprint density at radius 3 is 2.84 bits per heavy atom. The molecule has 3 aromatic rings. The van der Waals surface area contributed by atoms with Gasteiger partial charge in [0.2, 0.25) is 5.91 Å². The molecule has 0 fully saturated rings. The fraction of sp³-hybridized carbons (Fsp3) is 0.429. The molecule has 0 bridgehead atoms. The molecule has 0 radical (unpaired) electrons. The van der Waals surface area contributed by atoms with Crippen LogP contribution in [0.15, 0.2) is 16.6 Å². The lowest BCUT2D eigenvalue weighted by Gasteiger charge is -2.08. The third kappa shape index (κ3) is 4.42. The van der Waals surface area contributed by atoms with Crippen LogP contribution in [0.25, 0.3) is 11.4 Å². The van der Waals surface area contributed by atoms with Crippen LogP contribution in [0.5, 0.6) is 0 Å². The number of aromatic nitrogens is 3. The lowest BCUT2D eigenvalue weighted by atomic mass is 10.1. The third-order valence-electron chi connectivity index (χ3n) is 5.19. The average molecular weight is 477 g/mol. The van der Waals surface area contributed by atoms with E-state index in [1.807, 2.05) is 11.5 Å². The Bertz CT molecular complexity index is 1120. The first-order valence-electron chi connectivity index (χ1n) is 10.2. The van der Waals surface area contributed by atoms with Gasteiger partial charge in [-0.25, -0.2) is 4.79 Å². The summed E-state index contributed by atoms with van der Waals surface area (Å²) in [6.07, 6.45) is 3.82. The lowest BCUT2D eigenvalue weighted by Crippen LogP contribution is -2.16. The SMILES string of the molecule is CCc1cc(-c2nnc(SCC(=O)Nc3sc4c(c3C(=O)OC)CCC4)n2CC)cs1. The molecule has 0 spiro atoms. The van der Waals surface area contributed by atoms with Crippen LogP contribution < -0.4 is 5.32 Å². The Morgan fingerprint density at radius 1 is 1.29 bits per heavy atom. The number of thiophene rings is 2. The maximum Gasteiger partial charge on any atom is 0.341 e. The highest BCUT2D eigenvalue weighted by Gasteiger charge is 2.28. The topological polar surface area (TPSA) is 86.1 Å². The first-order chi connectivity index (χ1) is 15.0. The number of ether oxygens (including phenoxy) is 1. The zero-order valence-corrected chi connectivity index (χ0v) is 20.1. The molecule has 0 aromatic carbocycles. The largest absolute Gasteiger partial charge is 0.465 e. The second-order valence-corrected chi connectivity index (χ2v) is 10.1. The summed E-state index contributed by atoms with van der Waals surface area (Å²) in [6, 6.07) is 2.15. The normalized spacial score (nSPS) is 12.7.